The van der Waals surface area contributed by atoms with Gasteiger partial charge in [-0.25, -0.2) is 4.79 Å². The van der Waals surface area contributed by atoms with Crippen molar-refractivity contribution in [2.45, 2.75) is 39.2 Å². The summed E-state index contributed by atoms with van der Waals surface area (Å²) in [5, 5.41) is 0. The number of esters is 1. The average molecular weight is 287 g/mol. The number of carbonyl (C=O) groups excluding carboxylic acids is 2. The molecule has 0 aromatic carbocycles. The minimum absolute atomic E-state index is 0.275. The highest BCUT2D eigenvalue weighted by Crippen LogP contribution is 2.33. The number of amides is 1. The largest absolute Gasteiger partial charge is 0.469 e. The lowest BCUT2D eigenvalue weighted by Crippen LogP contribution is -2.50. The molecule has 1 heterocycles. The summed E-state index contributed by atoms with van der Waals surface area (Å²) >= 11 is 0. The fourth-order valence-corrected chi connectivity index (χ4v) is 2.34. The Kier molecular flexibility index (Phi) is 5.39. The van der Waals surface area contributed by atoms with Crippen molar-refractivity contribution in [2.75, 3.05) is 33.9 Å². The molecule has 6 nitrogen and oxygen atoms in total. The van der Waals surface area contributed by atoms with Crippen molar-refractivity contribution >= 4 is 12.1 Å². The number of methoxy groups -OCH3 is 2. The Bertz CT molecular complexity index is 353. The van der Waals surface area contributed by atoms with E-state index in [9.17, 15) is 9.59 Å². The van der Waals surface area contributed by atoms with E-state index in [1.165, 1.54) is 7.11 Å². The van der Waals surface area contributed by atoms with Crippen LogP contribution in [-0.4, -0.2) is 56.5 Å². The van der Waals surface area contributed by atoms with E-state index in [4.69, 9.17) is 14.2 Å². The Hall–Kier alpha value is -1.30. The third-order valence-electron chi connectivity index (χ3n) is 3.41. The van der Waals surface area contributed by atoms with E-state index in [0.717, 1.165) is 0 Å². The summed E-state index contributed by atoms with van der Waals surface area (Å²) in [6, 6.07) is 0. The van der Waals surface area contributed by atoms with E-state index < -0.39 is 11.0 Å². The molecule has 1 rings (SSSR count). The second kappa shape index (κ2) is 6.43. The summed E-state index contributed by atoms with van der Waals surface area (Å²) in [7, 11) is 2.94. The molecule has 0 saturated carbocycles. The van der Waals surface area contributed by atoms with Crippen LogP contribution in [0.15, 0.2) is 0 Å². The number of hydrogen-bond acceptors (Lipinski definition) is 5. The molecule has 1 fully saturated rings. The van der Waals surface area contributed by atoms with E-state index >= 15 is 0 Å². The van der Waals surface area contributed by atoms with Gasteiger partial charge in [0, 0.05) is 20.2 Å². The number of likely N-dealkylation sites (tertiary alicyclic amines) is 1. The minimum atomic E-state index is -0.651. The average Bonchev–Trinajstić information content (AvgIpc) is 2.36. The molecule has 0 radical (unpaired) electrons. The molecule has 1 aliphatic heterocycles. The van der Waals surface area contributed by atoms with Gasteiger partial charge in [-0.1, -0.05) is 0 Å². The van der Waals surface area contributed by atoms with Gasteiger partial charge >= 0.3 is 12.1 Å². The zero-order valence-corrected chi connectivity index (χ0v) is 13.0. The zero-order valence-electron chi connectivity index (χ0n) is 13.0. The maximum atomic E-state index is 12.0. The van der Waals surface area contributed by atoms with Crippen molar-refractivity contribution < 1.29 is 23.8 Å². The lowest BCUT2D eigenvalue weighted by atomic mass is 9.79. The first-order valence-electron chi connectivity index (χ1n) is 6.79. The lowest BCUT2D eigenvalue weighted by Gasteiger charge is -2.39. The van der Waals surface area contributed by atoms with E-state index in [-0.39, 0.29) is 12.1 Å². The summed E-state index contributed by atoms with van der Waals surface area (Å²) in [6.45, 7) is 6.73. The van der Waals surface area contributed by atoms with Crippen LogP contribution in [0.25, 0.3) is 0 Å². The Morgan fingerprint density at radius 1 is 1.15 bits per heavy atom. The number of piperidine rings is 1. The fourth-order valence-electron chi connectivity index (χ4n) is 2.34. The number of nitrogens with zero attached hydrogens (tertiary/aromatic N) is 1. The standard InChI is InChI=1S/C14H25NO5/c1-13(2,3)20-12(17)15-8-6-14(7-9-15,10-18-4)11(16)19-5/h6-10H2,1-5H3. The first-order valence-corrected chi connectivity index (χ1v) is 6.79. The molecule has 1 amide bonds. The van der Waals surface area contributed by atoms with Crippen molar-refractivity contribution in [1.82, 2.24) is 4.90 Å². The fraction of sp³-hybridized carbons (Fsp3) is 0.857. The van der Waals surface area contributed by atoms with Crippen LogP contribution in [0, 0.1) is 5.41 Å². The third-order valence-corrected chi connectivity index (χ3v) is 3.41. The van der Waals surface area contributed by atoms with Crippen LogP contribution in [0.4, 0.5) is 4.79 Å². The first kappa shape index (κ1) is 16.8. The highest BCUT2D eigenvalue weighted by molar-refractivity contribution is 5.77. The van der Waals surface area contributed by atoms with Gasteiger partial charge in [-0.2, -0.15) is 0 Å². The molecule has 1 aliphatic rings. The van der Waals surface area contributed by atoms with Gasteiger partial charge in [0.05, 0.1) is 19.1 Å². The molecular formula is C14H25NO5. The lowest BCUT2D eigenvalue weighted by molar-refractivity contribution is -0.160. The van der Waals surface area contributed by atoms with Crippen LogP contribution >= 0.6 is 0 Å². The molecule has 0 aromatic rings. The maximum absolute atomic E-state index is 12.0. The monoisotopic (exact) mass is 287 g/mol. The first-order chi connectivity index (χ1) is 9.24. The van der Waals surface area contributed by atoms with E-state index in [0.29, 0.717) is 32.5 Å². The third kappa shape index (κ3) is 4.10. The number of carbonyl (C=O) groups is 2. The molecule has 0 aromatic heterocycles. The molecule has 0 N–H and O–H groups in total. The van der Waals surface area contributed by atoms with E-state index in [2.05, 4.69) is 0 Å². The van der Waals surface area contributed by atoms with Gasteiger partial charge in [-0.3, -0.25) is 4.79 Å². The van der Waals surface area contributed by atoms with Crippen LogP contribution in [-0.2, 0) is 19.0 Å². The number of ether oxygens (including phenoxy) is 3. The van der Waals surface area contributed by atoms with Crippen LogP contribution in [0.5, 0.6) is 0 Å². The zero-order chi connectivity index (χ0) is 15.4. The molecule has 0 aliphatic carbocycles. The van der Waals surface area contributed by atoms with Crippen molar-refractivity contribution in [3.8, 4) is 0 Å². The Morgan fingerprint density at radius 3 is 2.10 bits per heavy atom. The molecule has 20 heavy (non-hydrogen) atoms. The quantitative estimate of drug-likeness (QED) is 0.741. The van der Waals surface area contributed by atoms with E-state index in [1.807, 2.05) is 20.8 Å². The molecule has 0 bridgehead atoms. The molecule has 6 heteroatoms. The Balaban J connectivity index is 2.65. The smallest absolute Gasteiger partial charge is 0.410 e. The number of rotatable bonds is 3. The second-order valence-electron chi connectivity index (χ2n) is 6.17. The number of hydrogen-bond donors (Lipinski definition) is 0. The van der Waals surface area contributed by atoms with Gasteiger partial charge in [-0.05, 0) is 33.6 Å². The normalized spacial score (nSPS) is 18.6. The van der Waals surface area contributed by atoms with Gasteiger partial charge in [0.2, 0.25) is 0 Å². The molecule has 116 valence electrons. The summed E-state index contributed by atoms with van der Waals surface area (Å²) < 4.78 is 15.3. The molecular weight excluding hydrogens is 262 g/mol. The van der Waals surface area contributed by atoms with Crippen LogP contribution < -0.4 is 0 Å². The van der Waals surface area contributed by atoms with Crippen molar-refractivity contribution in [3.05, 3.63) is 0 Å². The van der Waals surface area contributed by atoms with Gasteiger partial charge in [0.1, 0.15) is 5.60 Å². The second-order valence-corrected chi connectivity index (χ2v) is 6.17. The van der Waals surface area contributed by atoms with Crippen molar-refractivity contribution in [1.29, 1.82) is 0 Å². The SMILES string of the molecule is COCC1(C(=O)OC)CCN(C(=O)OC(C)(C)C)CC1. The molecule has 0 atom stereocenters. The highest BCUT2D eigenvalue weighted by atomic mass is 16.6. The van der Waals surface area contributed by atoms with Gasteiger partial charge in [0.25, 0.3) is 0 Å². The molecule has 1 saturated heterocycles. The van der Waals surface area contributed by atoms with Crippen LogP contribution in [0.2, 0.25) is 0 Å². The highest BCUT2D eigenvalue weighted by Gasteiger charge is 2.44. The summed E-state index contributed by atoms with van der Waals surface area (Å²) in [4.78, 5) is 25.6. The van der Waals surface area contributed by atoms with Crippen LogP contribution in [0.3, 0.4) is 0 Å². The summed E-state index contributed by atoms with van der Waals surface area (Å²) in [5.74, 6) is -0.275. The predicted molar refractivity (Wildman–Crippen MR) is 73.4 cm³/mol. The van der Waals surface area contributed by atoms with Gasteiger partial charge in [0.15, 0.2) is 0 Å². The van der Waals surface area contributed by atoms with E-state index in [1.54, 1.807) is 12.0 Å². The molecule has 0 spiro atoms. The Morgan fingerprint density at radius 2 is 1.70 bits per heavy atom. The van der Waals surface area contributed by atoms with Gasteiger partial charge < -0.3 is 19.1 Å². The summed E-state index contributed by atoms with van der Waals surface area (Å²) in [6.07, 6.45) is 0.702. The topological polar surface area (TPSA) is 65.1 Å². The summed E-state index contributed by atoms with van der Waals surface area (Å²) in [5.41, 5.74) is -1.16. The van der Waals surface area contributed by atoms with Crippen LogP contribution in [0.1, 0.15) is 33.6 Å². The predicted octanol–water partition coefficient (Wildman–Crippen LogP) is 1.82. The minimum Gasteiger partial charge on any atom is -0.469 e. The maximum Gasteiger partial charge on any atom is 0.410 e. The molecule has 0 unspecified atom stereocenters. The Labute approximate surface area is 120 Å². The van der Waals surface area contributed by atoms with Gasteiger partial charge in [-0.15, -0.1) is 0 Å². The van der Waals surface area contributed by atoms with Crippen molar-refractivity contribution in [2.24, 2.45) is 5.41 Å². The van der Waals surface area contributed by atoms with Crippen molar-refractivity contribution in [3.63, 3.8) is 0 Å².